The molecule has 1 aliphatic heterocycles. The quantitative estimate of drug-likeness (QED) is 0.378. The number of benzene rings is 1. The van der Waals surface area contributed by atoms with E-state index in [1.807, 2.05) is 39.0 Å². The molecule has 1 heterocycles. The Kier molecular flexibility index (Phi) is 6.43. The number of hydrogen-bond acceptors (Lipinski definition) is 6. The summed E-state index contributed by atoms with van der Waals surface area (Å²) >= 11 is 0. The summed E-state index contributed by atoms with van der Waals surface area (Å²) < 4.78 is 18.4. The second-order valence-corrected chi connectivity index (χ2v) is 11.8. The van der Waals surface area contributed by atoms with Gasteiger partial charge in [-0.05, 0) is 70.2 Å². The van der Waals surface area contributed by atoms with E-state index in [9.17, 15) is 4.79 Å². The van der Waals surface area contributed by atoms with Gasteiger partial charge in [-0.2, -0.15) is 0 Å². The lowest BCUT2D eigenvalue weighted by Gasteiger charge is -2.37. The van der Waals surface area contributed by atoms with Crippen LogP contribution in [0.4, 0.5) is 0 Å². The maximum atomic E-state index is 12.8. The third-order valence-corrected chi connectivity index (χ3v) is 9.12. The molecule has 1 N–H and O–H groups in total. The lowest BCUT2D eigenvalue weighted by Crippen LogP contribution is -2.46. The number of hydrogen-bond donors (Lipinski definition) is 1. The van der Waals surface area contributed by atoms with Crippen molar-refractivity contribution < 1.29 is 19.0 Å². The van der Waals surface area contributed by atoms with Crippen LogP contribution in [0, 0.1) is 5.41 Å². The Morgan fingerprint density at radius 3 is 2.62 bits per heavy atom. The van der Waals surface area contributed by atoms with Crippen LogP contribution >= 0.6 is 0 Å². The van der Waals surface area contributed by atoms with Crippen LogP contribution < -0.4 is 5.32 Å². The number of aliphatic imine (C=N–C) groups is 1. The van der Waals surface area contributed by atoms with Gasteiger partial charge in [0.1, 0.15) is 16.7 Å². The molecule has 3 aliphatic carbocycles. The SMILES string of the molecule is CCCC12C=C(CNCC34CC3(C)OC(c3ccccc3)=N4)C=C(C)C1(OC(C)(CC)C(=O)OCC)C2. The van der Waals surface area contributed by atoms with Crippen LogP contribution in [0.15, 0.2) is 58.6 Å². The molecule has 0 amide bonds. The van der Waals surface area contributed by atoms with Crippen molar-refractivity contribution >= 4 is 11.9 Å². The highest BCUT2D eigenvalue weighted by atomic mass is 16.6. The lowest BCUT2D eigenvalue weighted by atomic mass is 9.84. The van der Waals surface area contributed by atoms with Crippen molar-refractivity contribution in [3.63, 3.8) is 0 Å². The van der Waals surface area contributed by atoms with Crippen LogP contribution in [-0.2, 0) is 19.0 Å². The highest BCUT2D eigenvalue weighted by Gasteiger charge is 2.72. The first-order chi connectivity index (χ1) is 17.6. The first-order valence-corrected chi connectivity index (χ1v) is 13.9. The second kappa shape index (κ2) is 9.09. The van der Waals surface area contributed by atoms with E-state index in [-0.39, 0.29) is 22.5 Å². The Morgan fingerprint density at radius 1 is 1.19 bits per heavy atom. The van der Waals surface area contributed by atoms with Gasteiger partial charge >= 0.3 is 5.97 Å². The zero-order chi connectivity index (χ0) is 26.5. The van der Waals surface area contributed by atoms with Gasteiger partial charge in [0, 0.05) is 30.5 Å². The van der Waals surface area contributed by atoms with Crippen molar-refractivity contribution in [2.24, 2.45) is 10.4 Å². The van der Waals surface area contributed by atoms with Crippen molar-refractivity contribution in [2.75, 3.05) is 19.7 Å². The molecule has 5 rings (SSSR count). The zero-order valence-electron chi connectivity index (χ0n) is 23.3. The molecule has 0 bridgehead atoms. The fraction of sp³-hybridized carbons (Fsp3) is 0.613. The fourth-order valence-electron chi connectivity index (χ4n) is 6.59. The number of rotatable bonds is 12. The number of ether oxygens (including phenoxy) is 3. The van der Waals surface area contributed by atoms with Crippen molar-refractivity contribution in [1.82, 2.24) is 5.32 Å². The van der Waals surface area contributed by atoms with Crippen molar-refractivity contribution in [2.45, 2.75) is 96.0 Å². The third-order valence-electron chi connectivity index (χ3n) is 9.12. The minimum Gasteiger partial charge on any atom is -0.468 e. The van der Waals surface area contributed by atoms with Gasteiger partial charge in [-0.1, -0.05) is 50.6 Å². The summed E-state index contributed by atoms with van der Waals surface area (Å²) in [6, 6.07) is 10.2. The molecule has 37 heavy (non-hydrogen) atoms. The topological polar surface area (TPSA) is 69.1 Å². The van der Waals surface area contributed by atoms with Crippen molar-refractivity contribution in [3.8, 4) is 0 Å². The molecule has 1 aromatic rings. The van der Waals surface area contributed by atoms with E-state index >= 15 is 0 Å². The summed E-state index contributed by atoms with van der Waals surface area (Å²) in [6.07, 6.45) is 9.19. The van der Waals surface area contributed by atoms with Crippen molar-refractivity contribution in [3.05, 3.63) is 59.2 Å². The van der Waals surface area contributed by atoms with Crippen molar-refractivity contribution in [1.29, 1.82) is 0 Å². The molecular weight excluding hydrogens is 464 g/mol. The second-order valence-electron chi connectivity index (χ2n) is 11.8. The van der Waals surface area contributed by atoms with Gasteiger partial charge in [0.15, 0.2) is 5.60 Å². The maximum Gasteiger partial charge on any atom is 0.338 e. The number of esters is 1. The van der Waals surface area contributed by atoms with E-state index in [1.54, 1.807) is 0 Å². The zero-order valence-corrected chi connectivity index (χ0v) is 23.3. The summed E-state index contributed by atoms with van der Waals surface area (Å²) in [7, 11) is 0. The lowest BCUT2D eigenvalue weighted by molar-refractivity contribution is -0.180. The molecule has 1 aromatic carbocycles. The van der Waals surface area contributed by atoms with Gasteiger partial charge in [0.05, 0.1) is 6.61 Å². The Bertz CT molecular complexity index is 1160. The average Bonchev–Trinajstić information content (AvgIpc) is 3.65. The Morgan fingerprint density at radius 2 is 1.95 bits per heavy atom. The van der Waals surface area contributed by atoms with Gasteiger partial charge in [-0.15, -0.1) is 0 Å². The minimum absolute atomic E-state index is 0.0675. The fourth-order valence-corrected chi connectivity index (χ4v) is 6.59. The van der Waals surface area contributed by atoms with Gasteiger partial charge in [0.2, 0.25) is 5.90 Å². The molecular formula is C31H42N2O4. The molecule has 2 saturated carbocycles. The number of nitrogens with zero attached hydrogens (tertiary/aromatic N) is 1. The van der Waals surface area contributed by atoms with Crippen LogP contribution in [-0.4, -0.2) is 53.9 Å². The highest BCUT2D eigenvalue weighted by Crippen LogP contribution is 2.69. The first kappa shape index (κ1) is 26.2. The Balaban J connectivity index is 1.28. The molecule has 5 unspecified atom stereocenters. The summed E-state index contributed by atoms with van der Waals surface area (Å²) in [4.78, 5) is 17.8. The molecule has 0 aromatic heterocycles. The summed E-state index contributed by atoms with van der Waals surface area (Å²) in [5, 5.41) is 3.69. The first-order valence-electron chi connectivity index (χ1n) is 13.9. The molecule has 2 fully saturated rings. The number of carbonyl (C=O) groups is 1. The molecule has 6 nitrogen and oxygen atoms in total. The molecule has 0 spiro atoms. The van der Waals surface area contributed by atoms with Crippen LogP contribution in [0.3, 0.4) is 0 Å². The number of nitrogens with one attached hydrogen (secondary N) is 1. The van der Waals surface area contributed by atoms with Gasteiger partial charge in [-0.3, -0.25) is 0 Å². The van der Waals surface area contributed by atoms with E-state index in [1.165, 1.54) is 11.1 Å². The van der Waals surface area contributed by atoms with E-state index in [4.69, 9.17) is 19.2 Å². The molecule has 0 radical (unpaired) electrons. The summed E-state index contributed by atoms with van der Waals surface area (Å²) in [5.41, 5.74) is 1.66. The molecule has 0 saturated heterocycles. The molecule has 6 heteroatoms. The van der Waals surface area contributed by atoms with E-state index in [2.05, 4.69) is 50.4 Å². The molecule has 200 valence electrons. The normalized spacial score (nSPS) is 34.7. The Labute approximate surface area is 221 Å². The Hall–Kier alpha value is -2.44. The summed E-state index contributed by atoms with van der Waals surface area (Å²) in [6.45, 7) is 14.2. The van der Waals surface area contributed by atoms with E-state index in [0.29, 0.717) is 13.0 Å². The van der Waals surface area contributed by atoms with Crippen LogP contribution in [0.1, 0.15) is 79.2 Å². The predicted octanol–water partition coefficient (Wildman–Crippen LogP) is 5.52. The third kappa shape index (κ3) is 4.17. The highest BCUT2D eigenvalue weighted by molar-refractivity contribution is 5.97. The molecule has 5 atom stereocenters. The minimum atomic E-state index is -0.948. The maximum absolute atomic E-state index is 12.8. The number of fused-ring (bicyclic) bond motifs is 2. The standard InChI is InChI=1S/C31H42N2O4/c1-7-15-29-17-23(16-22(4)31(29,20-29)37-27(5,8-2)26(34)35-9-3)18-32-21-30-19-28(30,6)36-25(33-30)24-13-11-10-12-14-24/h10-14,16-17,32H,7-9,15,18-21H2,1-6H3. The molecule has 4 aliphatic rings. The van der Waals surface area contributed by atoms with Gasteiger partial charge in [-0.25, -0.2) is 9.79 Å². The smallest absolute Gasteiger partial charge is 0.338 e. The van der Waals surface area contributed by atoms with Crippen LogP contribution in [0.5, 0.6) is 0 Å². The summed E-state index contributed by atoms with van der Waals surface area (Å²) in [5.74, 6) is 0.487. The van der Waals surface area contributed by atoms with Gasteiger partial charge in [0.25, 0.3) is 0 Å². The largest absolute Gasteiger partial charge is 0.468 e. The van der Waals surface area contributed by atoms with Crippen LogP contribution in [0.25, 0.3) is 0 Å². The monoisotopic (exact) mass is 506 g/mol. The van der Waals surface area contributed by atoms with Crippen LogP contribution in [0.2, 0.25) is 0 Å². The number of carbonyl (C=O) groups excluding carboxylic acids is 1. The van der Waals surface area contributed by atoms with E-state index < -0.39 is 11.2 Å². The van der Waals surface area contributed by atoms with Gasteiger partial charge < -0.3 is 19.5 Å². The predicted molar refractivity (Wildman–Crippen MR) is 146 cm³/mol. The average molecular weight is 507 g/mol. The van der Waals surface area contributed by atoms with E-state index in [0.717, 1.165) is 50.2 Å².